The molecule has 0 saturated carbocycles. The van der Waals surface area contributed by atoms with Gasteiger partial charge in [0.25, 0.3) is 0 Å². The first-order chi connectivity index (χ1) is 2.00. The molecule has 0 aromatic rings. The Kier molecular flexibility index (Phi) is 72.9. The Hall–Kier alpha value is 0.970. The third-order valence-corrected chi connectivity index (χ3v) is 0. The van der Waals surface area contributed by atoms with Crippen molar-refractivity contribution in [3.63, 3.8) is 0 Å². The minimum atomic E-state index is -5.17. The molecule has 0 spiro atoms. The van der Waals surface area contributed by atoms with Crippen molar-refractivity contribution in [2.45, 2.75) is 0 Å². The van der Waals surface area contributed by atoms with Crippen LogP contribution in [0.2, 0.25) is 0 Å². The van der Waals surface area contributed by atoms with Gasteiger partial charge in [-0.05, 0) is 0 Å². The van der Waals surface area contributed by atoms with Gasteiger partial charge in [0.1, 0.15) is 0 Å². The molecule has 0 saturated heterocycles. The van der Waals surface area contributed by atoms with E-state index >= 15 is 0 Å². The summed E-state index contributed by atoms with van der Waals surface area (Å²) in [6.07, 6.45) is 0. The zero-order valence-corrected chi connectivity index (χ0v) is 7.77. The summed E-state index contributed by atoms with van der Waals surface area (Å²) in [7, 11) is -5.17. The van der Waals surface area contributed by atoms with E-state index in [1.54, 1.807) is 0 Å². The molecule has 0 atom stereocenters. The van der Waals surface area contributed by atoms with Crippen LogP contribution in [0.25, 0.3) is 0 Å². The van der Waals surface area contributed by atoms with E-state index in [0.717, 1.165) is 0 Å². The van der Waals surface area contributed by atoms with Crippen LogP contribution in [0.4, 0.5) is 0 Å². The monoisotopic (exact) mass is 208 g/mol. The van der Waals surface area contributed by atoms with Crippen LogP contribution in [0.15, 0.2) is 0 Å². The summed E-state index contributed by atoms with van der Waals surface area (Å²) in [5.74, 6) is 0. The average Bonchev–Trinajstić information content (AvgIpc) is 0.722. The van der Waals surface area contributed by atoms with Crippen molar-refractivity contribution in [1.82, 2.24) is 0 Å². The predicted molar refractivity (Wildman–Crippen MR) is 30.7 cm³/mol. The minimum absolute atomic E-state index is 0. The summed E-state index contributed by atoms with van der Waals surface area (Å²) >= 11 is 0. The van der Waals surface area contributed by atoms with Crippen LogP contribution in [0.3, 0.4) is 0 Å². The normalized spacial score (nSPS) is 5.80. The summed E-state index contributed by atoms with van der Waals surface area (Å²) in [6, 6.07) is 0. The van der Waals surface area contributed by atoms with Gasteiger partial charge in [0.15, 0.2) is 0 Å². The third kappa shape index (κ3) is 606. The molecule has 0 aliphatic carbocycles. The van der Waals surface area contributed by atoms with Gasteiger partial charge in [0.2, 0.25) is 0 Å². The third-order valence-electron chi connectivity index (χ3n) is 0. The summed E-state index contributed by atoms with van der Waals surface area (Å²) in [6.45, 7) is 0. The number of hydrogen-bond donors (Lipinski definition) is 0. The molecule has 0 aromatic carbocycles. The molecule has 0 rings (SSSR count). The topological polar surface area (TPSA) is 206 Å². The molecule has 0 unspecified atom stereocenters. The maximum Gasteiger partial charge on any atom is 2.00 e. The van der Waals surface area contributed by atoms with E-state index in [1.165, 1.54) is 0 Å². The van der Waals surface area contributed by atoms with E-state index in [9.17, 15) is 0 Å². The Labute approximate surface area is 87.0 Å². The quantitative estimate of drug-likeness (QED) is 0.217. The first kappa shape index (κ1) is 44.1. The van der Waals surface area contributed by atoms with Crippen LogP contribution >= 0.6 is 0 Å². The van der Waals surface area contributed by atoms with Crippen molar-refractivity contribution in [1.29, 1.82) is 0 Å². The van der Waals surface area contributed by atoms with E-state index in [2.05, 4.69) is 0 Å². The molecule has 0 fully saturated rings. The van der Waals surface area contributed by atoms with Crippen molar-refractivity contribution in [2.24, 2.45) is 0 Å². The molecule has 0 heterocycles. The second-order valence-electron chi connectivity index (χ2n) is 0.408. The smallest absolute Gasteiger partial charge is 0.759 e. The molecular weight excluding hydrogens is 200 g/mol. The van der Waals surface area contributed by atoms with Gasteiger partial charge >= 0.3 is 37.7 Å². The molecular formula is H8CaO8S. The predicted octanol–water partition coefficient (Wildman–Crippen LogP) is -5.02. The SMILES string of the molecule is O.O.O.O.O=S(=O)([O-])[O-].[Ca+2]. The molecule has 0 aliphatic rings. The Morgan fingerprint density at radius 3 is 0.800 bits per heavy atom. The van der Waals surface area contributed by atoms with Gasteiger partial charge in [-0.2, -0.15) is 0 Å². The van der Waals surface area contributed by atoms with E-state index in [4.69, 9.17) is 17.5 Å². The first-order valence-electron chi connectivity index (χ1n) is 0.667. The summed E-state index contributed by atoms with van der Waals surface area (Å²) in [5.41, 5.74) is 0. The molecule has 8 N–H and O–H groups in total. The Morgan fingerprint density at radius 2 is 0.800 bits per heavy atom. The van der Waals surface area contributed by atoms with E-state index < -0.39 is 10.4 Å². The average molecular weight is 208 g/mol. The maximum absolute atomic E-state index is 8.52. The van der Waals surface area contributed by atoms with Gasteiger partial charge in [0.05, 0.1) is 0 Å². The zero-order valence-electron chi connectivity index (χ0n) is 4.75. The Morgan fingerprint density at radius 1 is 0.800 bits per heavy atom. The maximum atomic E-state index is 8.52. The van der Waals surface area contributed by atoms with Crippen LogP contribution in [0, 0.1) is 0 Å². The molecule has 8 nitrogen and oxygen atoms in total. The van der Waals surface area contributed by atoms with E-state index in [-0.39, 0.29) is 59.6 Å². The first-order valence-corrected chi connectivity index (χ1v) is 2.00. The second kappa shape index (κ2) is 16.5. The van der Waals surface area contributed by atoms with Crippen molar-refractivity contribution >= 4 is 48.1 Å². The number of rotatable bonds is 0. The summed E-state index contributed by atoms with van der Waals surface area (Å²) < 4.78 is 34.1. The van der Waals surface area contributed by atoms with Crippen LogP contribution in [-0.2, 0) is 10.4 Å². The molecule has 10 heavy (non-hydrogen) atoms. The van der Waals surface area contributed by atoms with Crippen molar-refractivity contribution in [2.75, 3.05) is 0 Å². The van der Waals surface area contributed by atoms with Gasteiger partial charge < -0.3 is 31.0 Å². The largest absolute Gasteiger partial charge is 2.00 e. The number of hydrogen-bond acceptors (Lipinski definition) is 4. The molecule has 0 bridgehead atoms. The standard InChI is InChI=1S/Ca.H2O4S.4H2O/c;1-5(2,3)4;;;;/h;(H2,1,2,3,4);4*1H2/q+2;;;;;/p-2. The van der Waals surface area contributed by atoms with Gasteiger partial charge in [-0.15, -0.1) is 0 Å². The summed E-state index contributed by atoms with van der Waals surface area (Å²) in [5, 5.41) is 0. The van der Waals surface area contributed by atoms with Crippen molar-refractivity contribution < 1.29 is 39.4 Å². The van der Waals surface area contributed by atoms with Gasteiger partial charge in [0, 0.05) is 10.4 Å². The fourth-order valence-electron chi connectivity index (χ4n) is 0. The van der Waals surface area contributed by atoms with Crippen LogP contribution in [0.5, 0.6) is 0 Å². The molecule has 0 aromatic heterocycles. The Balaban J connectivity index is -0.00000000800. The zero-order chi connectivity index (χ0) is 4.50. The second-order valence-corrected chi connectivity index (χ2v) is 1.22. The minimum Gasteiger partial charge on any atom is -0.759 e. The molecule has 10 heteroatoms. The fourth-order valence-corrected chi connectivity index (χ4v) is 0. The van der Waals surface area contributed by atoms with Crippen molar-refractivity contribution in [3.8, 4) is 0 Å². The molecule has 64 valence electrons. The van der Waals surface area contributed by atoms with Gasteiger partial charge in [-0.1, -0.05) is 0 Å². The molecule has 0 aliphatic heterocycles. The molecule has 0 radical (unpaired) electrons. The van der Waals surface area contributed by atoms with E-state index in [0.29, 0.717) is 0 Å². The van der Waals surface area contributed by atoms with Crippen LogP contribution in [-0.4, -0.2) is 77.2 Å². The fraction of sp³-hybridized carbons (Fsp3) is 0. The molecule has 0 amide bonds. The van der Waals surface area contributed by atoms with Gasteiger partial charge in [-0.25, -0.2) is 0 Å². The summed E-state index contributed by atoms with van der Waals surface area (Å²) in [4.78, 5) is 0. The van der Waals surface area contributed by atoms with Crippen LogP contribution < -0.4 is 0 Å². The van der Waals surface area contributed by atoms with E-state index in [1.807, 2.05) is 0 Å². The Bertz CT molecular complexity index is 92.4. The van der Waals surface area contributed by atoms with Crippen LogP contribution in [0.1, 0.15) is 0 Å². The van der Waals surface area contributed by atoms with Crippen molar-refractivity contribution in [3.05, 3.63) is 0 Å². The van der Waals surface area contributed by atoms with Gasteiger partial charge in [-0.3, -0.25) is 8.42 Å².